The van der Waals surface area contributed by atoms with Crippen LogP contribution in [-0.2, 0) is 10.0 Å². The van der Waals surface area contributed by atoms with Crippen LogP contribution in [0.4, 0.5) is 11.4 Å². The Morgan fingerprint density at radius 2 is 1.42 bits per heavy atom. The van der Waals surface area contributed by atoms with Gasteiger partial charge in [0.15, 0.2) is 0 Å². The number of carbonyl (C=O) groups excluding carboxylic acids is 1. The summed E-state index contributed by atoms with van der Waals surface area (Å²) in [6.45, 7) is 0. The van der Waals surface area contributed by atoms with Gasteiger partial charge in [0.25, 0.3) is 15.9 Å². The van der Waals surface area contributed by atoms with Gasteiger partial charge in [-0.25, -0.2) is 8.42 Å². The van der Waals surface area contributed by atoms with Crippen LogP contribution in [0.2, 0.25) is 10.0 Å². The fraction of sp³-hybridized carbons (Fsp3) is 0.0952. The van der Waals surface area contributed by atoms with Gasteiger partial charge in [-0.2, -0.15) is 0 Å². The zero-order valence-corrected chi connectivity index (χ0v) is 18.8. The van der Waals surface area contributed by atoms with E-state index in [0.29, 0.717) is 22.2 Å². The van der Waals surface area contributed by atoms with Crippen molar-refractivity contribution < 1.29 is 22.7 Å². The van der Waals surface area contributed by atoms with Gasteiger partial charge >= 0.3 is 0 Å². The number of rotatable bonds is 7. The van der Waals surface area contributed by atoms with Crippen LogP contribution in [0.15, 0.2) is 65.6 Å². The Morgan fingerprint density at radius 3 is 2.00 bits per heavy atom. The zero-order valence-electron chi connectivity index (χ0n) is 16.5. The van der Waals surface area contributed by atoms with Crippen molar-refractivity contribution in [1.29, 1.82) is 0 Å². The van der Waals surface area contributed by atoms with E-state index in [9.17, 15) is 13.2 Å². The SMILES string of the molecule is COc1cc(NC(=O)c2cc(Cl)ccc2NS(=O)(=O)c2ccc(Cl)cc2)cc(OC)c1. The average Bonchev–Trinajstić information content (AvgIpc) is 2.74. The maximum Gasteiger partial charge on any atom is 0.261 e. The molecule has 0 fully saturated rings. The van der Waals surface area contributed by atoms with E-state index < -0.39 is 15.9 Å². The number of sulfonamides is 1. The summed E-state index contributed by atoms with van der Waals surface area (Å²) in [5.74, 6) is 0.375. The van der Waals surface area contributed by atoms with E-state index in [2.05, 4.69) is 10.0 Å². The molecule has 0 aliphatic heterocycles. The van der Waals surface area contributed by atoms with E-state index in [-0.39, 0.29) is 21.2 Å². The van der Waals surface area contributed by atoms with Crippen LogP contribution in [0, 0.1) is 0 Å². The maximum absolute atomic E-state index is 12.9. The highest BCUT2D eigenvalue weighted by Gasteiger charge is 2.20. The molecule has 0 aromatic heterocycles. The minimum absolute atomic E-state index is 0.00394. The molecule has 3 aromatic carbocycles. The molecule has 0 bridgehead atoms. The zero-order chi connectivity index (χ0) is 22.6. The second-order valence-electron chi connectivity index (χ2n) is 6.30. The first-order valence-electron chi connectivity index (χ1n) is 8.84. The van der Waals surface area contributed by atoms with Gasteiger partial charge in [-0.3, -0.25) is 9.52 Å². The molecule has 3 rings (SSSR count). The first-order valence-corrected chi connectivity index (χ1v) is 11.1. The van der Waals surface area contributed by atoms with Crippen molar-refractivity contribution in [3.8, 4) is 11.5 Å². The van der Waals surface area contributed by atoms with Crippen LogP contribution < -0.4 is 19.5 Å². The first kappa shape index (κ1) is 22.7. The Kier molecular flexibility index (Phi) is 6.94. The van der Waals surface area contributed by atoms with Gasteiger partial charge in [0.2, 0.25) is 0 Å². The van der Waals surface area contributed by atoms with Gasteiger partial charge in [-0.1, -0.05) is 23.2 Å². The molecule has 0 saturated heterocycles. The van der Waals surface area contributed by atoms with Crippen LogP contribution in [0.3, 0.4) is 0 Å². The molecule has 7 nitrogen and oxygen atoms in total. The van der Waals surface area contributed by atoms with E-state index >= 15 is 0 Å². The minimum Gasteiger partial charge on any atom is -0.497 e. The fourth-order valence-electron chi connectivity index (χ4n) is 2.69. The highest BCUT2D eigenvalue weighted by atomic mass is 35.5. The molecule has 0 radical (unpaired) electrons. The molecule has 2 N–H and O–H groups in total. The van der Waals surface area contributed by atoms with E-state index in [1.54, 1.807) is 18.2 Å². The van der Waals surface area contributed by atoms with Gasteiger partial charge in [-0.05, 0) is 42.5 Å². The third kappa shape index (κ3) is 5.61. The summed E-state index contributed by atoms with van der Waals surface area (Å²) in [7, 11) is -0.991. The van der Waals surface area contributed by atoms with Crippen LogP contribution in [-0.4, -0.2) is 28.5 Å². The number of anilines is 2. The largest absolute Gasteiger partial charge is 0.497 e. The topological polar surface area (TPSA) is 93.7 Å². The fourth-order valence-corrected chi connectivity index (χ4v) is 4.07. The Labute approximate surface area is 189 Å². The van der Waals surface area contributed by atoms with Gasteiger partial charge in [0.1, 0.15) is 11.5 Å². The lowest BCUT2D eigenvalue weighted by molar-refractivity contribution is 0.102. The smallest absolute Gasteiger partial charge is 0.261 e. The number of nitrogens with one attached hydrogen (secondary N) is 2. The number of benzene rings is 3. The molecule has 0 heterocycles. The number of carbonyl (C=O) groups is 1. The monoisotopic (exact) mass is 480 g/mol. The summed E-state index contributed by atoms with van der Waals surface area (Å²) < 4.78 is 38.3. The van der Waals surface area contributed by atoms with E-state index in [1.165, 1.54) is 56.7 Å². The van der Waals surface area contributed by atoms with E-state index in [4.69, 9.17) is 32.7 Å². The van der Waals surface area contributed by atoms with Crippen molar-refractivity contribution in [2.75, 3.05) is 24.3 Å². The van der Waals surface area contributed by atoms with Gasteiger partial charge < -0.3 is 14.8 Å². The van der Waals surface area contributed by atoms with Crippen LogP contribution in [0.25, 0.3) is 0 Å². The van der Waals surface area contributed by atoms with Gasteiger partial charge in [0.05, 0.1) is 30.4 Å². The highest BCUT2D eigenvalue weighted by molar-refractivity contribution is 7.92. The quantitative estimate of drug-likeness (QED) is 0.492. The van der Waals surface area contributed by atoms with Gasteiger partial charge in [-0.15, -0.1) is 0 Å². The second-order valence-corrected chi connectivity index (χ2v) is 8.86. The molecular formula is C21H18Cl2N2O5S. The van der Waals surface area contributed by atoms with E-state index in [1.807, 2.05) is 0 Å². The molecule has 0 spiro atoms. The van der Waals surface area contributed by atoms with Crippen molar-refractivity contribution in [3.05, 3.63) is 76.3 Å². The Morgan fingerprint density at radius 1 is 0.839 bits per heavy atom. The lowest BCUT2D eigenvalue weighted by Crippen LogP contribution is -2.18. The average molecular weight is 481 g/mol. The lowest BCUT2D eigenvalue weighted by atomic mass is 10.1. The number of hydrogen-bond donors (Lipinski definition) is 2. The Balaban J connectivity index is 1.93. The molecule has 10 heteroatoms. The summed E-state index contributed by atoms with van der Waals surface area (Å²) >= 11 is 11.9. The summed E-state index contributed by atoms with van der Waals surface area (Å²) in [5, 5.41) is 3.37. The maximum atomic E-state index is 12.9. The highest BCUT2D eigenvalue weighted by Crippen LogP contribution is 2.28. The van der Waals surface area contributed by atoms with Crippen LogP contribution in [0.5, 0.6) is 11.5 Å². The van der Waals surface area contributed by atoms with E-state index in [0.717, 1.165) is 0 Å². The molecular weight excluding hydrogens is 463 g/mol. The van der Waals surface area contributed by atoms with Gasteiger partial charge in [0, 0.05) is 33.9 Å². The predicted molar refractivity (Wildman–Crippen MR) is 121 cm³/mol. The van der Waals surface area contributed by atoms with Crippen LogP contribution >= 0.6 is 23.2 Å². The Bertz CT molecular complexity index is 1190. The van der Waals surface area contributed by atoms with Crippen molar-refractivity contribution >= 4 is 50.5 Å². The minimum atomic E-state index is -3.96. The number of ether oxygens (including phenoxy) is 2. The molecule has 0 atom stereocenters. The number of halogens is 2. The normalized spacial score (nSPS) is 11.0. The third-order valence-corrected chi connectivity index (χ3v) is 6.07. The van der Waals surface area contributed by atoms with Crippen molar-refractivity contribution in [3.63, 3.8) is 0 Å². The van der Waals surface area contributed by atoms with Crippen molar-refractivity contribution in [1.82, 2.24) is 0 Å². The summed E-state index contributed by atoms with van der Waals surface area (Å²) in [5.41, 5.74) is 0.492. The molecule has 3 aromatic rings. The predicted octanol–water partition coefficient (Wildman–Crippen LogP) is 5.06. The van der Waals surface area contributed by atoms with Crippen LogP contribution in [0.1, 0.15) is 10.4 Å². The third-order valence-electron chi connectivity index (χ3n) is 4.20. The standard InChI is InChI=1S/C21H18Cl2N2O5S/c1-29-16-10-15(11-17(12-16)30-2)24-21(26)19-9-14(23)5-8-20(19)25-31(27,28)18-6-3-13(22)4-7-18/h3-12,25H,1-2H3,(H,24,26). The molecule has 31 heavy (non-hydrogen) atoms. The molecule has 0 aliphatic carbocycles. The molecule has 1 amide bonds. The summed E-state index contributed by atoms with van der Waals surface area (Å²) in [6, 6.07) is 14.8. The number of hydrogen-bond acceptors (Lipinski definition) is 5. The second kappa shape index (κ2) is 9.47. The lowest BCUT2D eigenvalue weighted by Gasteiger charge is -2.14. The number of amides is 1. The molecule has 0 saturated carbocycles. The van der Waals surface area contributed by atoms with Crippen molar-refractivity contribution in [2.24, 2.45) is 0 Å². The summed E-state index contributed by atoms with van der Waals surface area (Å²) in [6.07, 6.45) is 0. The molecule has 0 unspecified atom stereocenters. The summed E-state index contributed by atoms with van der Waals surface area (Å²) in [4.78, 5) is 12.9. The molecule has 162 valence electrons. The number of methoxy groups -OCH3 is 2. The first-order chi connectivity index (χ1) is 14.7. The van der Waals surface area contributed by atoms with Crippen molar-refractivity contribution in [2.45, 2.75) is 4.90 Å². The molecule has 0 aliphatic rings. The Hall–Kier alpha value is -2.94.